The van der Waals surface area contributed by atoms with Crippen LogP contribution in [-0.4, -0.2) is 50.0 Å². The lowest BCUT2D eigenvalue weighted by molar-refractivity contribution is -0.139. The first kappa shape index (κ1) is 28.2. The highest BCUT2D eigenvalue weighted by Crippen LogP contribution is 2.35. The van der Waals surface area contributed by atoms with Crippen molar-refractivity contribution in [2.24, 2.45) is 0 Å². The highest BCUT2D eigenvalue weighted by Gasteiger charge is 2.31. The van der Waals surface area contributed by atoms with Crippen molar-refractivity contribution in [1.29, 1.82) is 0 Å². The molecule has 186 valence electrons. The van der Waals surface area contributed by atoms with Crippen molar-refractivity contribution in [2.75, 3.05) is 17.1 Å². The molecule has 1 N–H and O–H groups in total. The van der Waals surface area contributed by atoms with Crippen LogP contribution in [-0.2, 0) is 26.2 Å². The molecule has 0 spiro atoms. The summed E-state index contributed by atoms with van der Waals surface area (Å²) in [6.45, 7) is 4.03. The van der Waals surface area contributed by atoms with E-state index in [4.69, 9.17) is 34.8 Å². The van der Waals surface area contributed by atoms with Gasteiger partial charge in [-0.2, -0.15) is 0 Å². The molecule has 2 aromatic carbocycles. The maximum Gasteiger partial charge on any atom is 0.244 e. The first-order chi connectivity index (χ1) is 15.7. The van der Waals surface area contributed by atoms with Gasteiger partial charge in [0, 0.05) is 18.2 Å². The molecule has 12 heteroatoms. The molecular weight excluding hydrogens is 528 g/mol. The zero-order valence-corrected chi connectivity index (χ0v) is 22.1. The number of halogens is 4. The van der Waals surface area contributed by atoms with Crippen LogP contribution in [0.5, 0.6) is 0 Å². The summed E-state index contributed by atoms with van der Waals surface area (Å²) in [7, 11) is -4.02. The van der Waals surface area contributed by atoms with Crippen LogP contribution in [0.2, 0.25) is 15.1 Å². The second-order valence-corrected chi connectivity index (χ2v) is 11.1. The normalized spacial score (nSPS) is 12.4. The predicted octanol–water partition coefficient (Wildman–Crippen LogP) is 4.49. The third-order valence-electron chi connectivity index (χ3n) is 4.83. The molecule has 1 unspecified atom stereocenters. The van der Waals surface area contributed by atoms with Gasteiger partial charge in [0.25, 0.3) is 0 Å². The average Bonchev–Trinajstić information content (AvgIpc) is 2.72. The minimum absolute atomic E-state index is 0.0371. The van der Waals surface area contributed by atoms with Crippen molar-refractivity contribution in [3.63, 3.8) is 0 Å². The standard InChI is InChI=1S/C22H25Cl3FN3O4S/c1-13(2)27-22(31)14(3)28(11-15-7-5-6-8-19(15)26)21(30)12-29(34(4,32)33)20-10-17(24)16(23)9-18(20)25/h5-10,13-14H,11-12H2,1-4H3,(H,27,31). The molecule has 0 aliphatic rings. The van der Waals surface area contributed by atoms with Crippen LogP contribution in [0.3, 0.4) is 0 Å². The van der Waals surface area contributed by atoms with E-state index in [0.29, 0.717) is 0 Å². The minimum Gasteiger partial charge on any atom is -0.352 e. The Bertz CT molecular complexity index is 1180. The molecule has 2 aromatic rings. The molecule has 0 fully saturated rings. The number of hydrogen-bond donors (Lipinski definition) is 1. The smallest absolute Gasteiger partial charge is 0.244 e. The van der Waals surface area contributed by atoms with Gasteiger partial charge in [0.1, 0.15) is 18.4 Å². The fraction of sp³-hybridized carbons (Fsp3) is 0.364. The molecule has 0 radical (unpaired) electrons. The fourth-order valence-electron chi connectivity index (χ4n) is 3.10. The molecule has 2 rings (SSSR count). The molecule has 34 heavy (non-hydrogen) atoms. The van der Waals surface area contributed by atoms with Gasteiger partial charge in [0.05, 0.1) is 27.0 Å². The van der Waals surface area contributed by atoms with E-state index in [1.807, 2.05) is 0 Å². The molecule has 0 aliphatic heterocycles. The number of anilines is 1. The van der Waals surface area contributed by atoms with E-state index in [2.05, 4.69) is 5.32 Å². The van der Waals surface area contributed by atoms with Crippen molar-refractivity contribution in [1.82, 2.24) is 10.2 Å². The van der Waals surface area contributed by atoms with Gasteiger partial charge in [-0.25, -0.2) is 12.8 Å². The Kier molecular flexibility index (Phi) is 9.59. The van der Waals surface area contributed by atoms with Crippen LogP contribution in [0.15, 0.2) is 36.4 Å². The van der Waals surface area contributed by atoms with Crippen molar-refractivity contribution in [3.8, 4) is 0 Å². The highest BCUT2D eigenvalue weighted by molar-refractivity contribution is 7.92. The van der Waals surface area contributed by atoms with Gasteiger partial charge in [-0.1, -0.05) is 53.0 Å². The van der Waals surface area contributed by atoms with Crippen LogP contribution in [0.1, 0.15) is 26.3 Å². The molecular formula is C22H25Cl3FN3O4S. The van der Waals surface area contributed by atoms with Gasteiger partial charge in [-0.05, 0) is 39.0 Å². The number of amides is 2. The summed E-state index contributed by atoms with van der Waals surface area (Å²) in [6, 6.07) is 7.07. The number of carbonyl (C=O) groups is 2. The summed E-state index contributed by atoms with van der Waals surface area (Å²) in [5, 5.41) is 2.81. The fourth-order valence-corrected chi connectivity index (χ4v) is 4.64. The maximum atomic E-state index is 14.4. The lowest BCUT2D eigenvalue weighted by Gasteiger charge is -2.32. The summed E-state index contributed by atoms with van der Waals surface area (Å²) in [4.78, 5) is 27.2. The lowest BCUT2D eigenvalue weighted by Crippen LogP contribution is -2.52. The lowest BCUT2D eigenvalue weighted by atomic mass is 10.1. The van der Waals surface area contributed by atoms with Crippen molar-refractivity contribution in [2.45, 2.75) is 39.4 Å². The molecule has 0 aliphatic carbocycles. The Morgan fingerprint density at radius 1 is 1.03 bits per heavy atom. The molecule has 2 amide bonds. The third-order valence-corrected chi connectivity index (χ3v) is 6.99. The molecule has 0 heterocycles. The van der Waals surface area contributed by atoms with Crippen molar-refractivity contribution in [3.05, 3.63) is 62.8 Å². The summed E-state index contributed by atoms with van der Waals surface area (Å²) < 4.78 is 40.3. The second kappa shape index (κ2) is 11.6. The van der Waals surface area contributed by atoms with Gasteiger partial charge in [-0.3, -0.25) is 13.9 Å². The van der Waals surface area contributed by atoms with E-state index in [-0.39, 0.29) is 38.9 Å². The zero-order valence-electron chi connectivity index (χ0n) is 19.0. The van der Waals surface area contributed by atoms with E-state index < -0.39 is 40.2 Å². The minimum atomic E-state index is -4.02. The maximum absolute atomic E-state index is 14.4. The number of benzene rings is 2. The molecule has 1 atom stereocenters. The van der Waals surface area contributed by atoms with Gasteiger partial charge in [0.2, 0.25) is 21.8 Å². The van der Waals surface area contributed by atoms with Gasteiger partial charge >= 0.3 is 0 Å². The first-order valence-corrected chi connectivity index (χ1v) is 13.2. The van der Waals surface area contributed by atoms with Gasteiger partial charge < -0.3 is 10.2 Å². The molecule has 0 bridgehead atoms. The summed E-state index contributed by atoms with van der Waals surface area (Å²) in [5.74, 6) is -1.79. The Morgan fingerprint density at radius 3 is 2.18 bits per heavy atom. The molecule has 0 aromatic heterocycles. The Hall–Kier alpha value is -2.07. The summed E-state index contributed by atoms with van der Waals surface area (Å²) in [6.07, 6.45) is 0.898. The zero-order chi connectivity index (χ0) is 25.8. The van der Waals surface area contributed by atoms with E-state index >= 15 is 0 Å². The Morgan fingerprint density at radius 2 is 1.62 bits per heavy atom. The highest BCUT2D eigenvalue weighted by atomic mass is 35.5. The first-order valence-electron chi connectivity index (χ1n) is 10.2. The number of carbonyl (C=O) groups excluding carboxylic acids is 2. The number of sulfonamides is 1. The van der Waals surface area contributed by atoms with Gasteiger partial charge in [-0.15, -0.1) is 0 Å². The van der Waals surface area contributed by atoms with Gasteiger partial charge in [0.15, 0.2) is 0 Å². The Balaban J connectivity index is 2.48. The van der Waals surface area contributed by atoms with Crippen molar-refractivity contribution < 1.29 is 22.4 Å². The quantitative estimate of drug-likeness (QED) is 0.464. The van der Waals surface area contributed by atoms with Crippen LogP contribution in [0.25, 0.3) is 0 Å². The molecule has 7 nitrogen and oxygen atoms in total. The van der Waals surface area contributed by atoms with Crippen LogP contribution in [0.4, 0.5) is 10.1 Å². The van der Waals surface area contributed by atoms with Crippen LogP contribution < -0.4 is 9.62 Å². The number of nitrogens with zero attached hydrogens (tertiary/aromatic N) is 2. The molecule has 0 saturated heterocycles. The number of nitrogens with one attached hydrogen (secondary N) is 1. The number of hydrogen-bond acceptors (Lipinski definition) is 4. The average molecular weight is 553 g/mol. The Labute approximate surface area is 213 Å². The van der Waals surface area contributed by atoms with E-state index in [1.54, 1.807) is 19.9 Å². The number of rotatable bonds is 9. The van der Waals surface area contributed by atoms with Crippen LogP contribution >= 0.6 is 34.8 Å². The van der Waals surface area contributed by atoms with E-state index in [1.165, 1.54) is 37.3 Å². The van der Waals surface area contributed by atoms with Crippen molar-refractivity contribution >= 4 is 62.3 Å². The second-order valence-electron chi connectivity index (χ2n) is 7.94. The summed E-state index contributed by atoms with van der Waals surface area (Å²) >= 11 is 18.2. The van der Waals surface area contributed by atoms with E-state index in [0.717, 1.165) is 15.5 Å². The van der Waals surface area contributed by atoms with Crippen LogP contribution in [0, 0.1) is 5.82 Å². The van der Waals surface area contributed by atoms with E-state index in [9.17, 15) is 22.4 Å². The third kappa shape index (κ3) is 7.21. The largest absolute Gasteiger partial charge is 0.352 e. The topological polar surface area (TPSA) is 86.8 Å². The monoisotopic (exact) mass is 551 g/mol. The summed E-state index contributed by atoms with van der Waals surface area (Å²) in [5.41, 5.74) is 0.107. The SMILES string of the molecule is CC(C)NC(=O)C(C)N(Cc1ccccc1F)C(=O)CN(c1cc(Cl)c(Cl)cc1Cl)S(C)(=O)=O. The predicted molar refractivity (Wildman–Crippen MR) is 133 cm³/mol. The molecule has 0 saturated carbocycles.